The number of thioether (sulfide) groups is 1. The van der Waals surface area contributed by atoms with Crippen molar-refractivity contribution in [3.63, 3.8) is 0 Å². The van der Waals surface area contributed by atoms with Crippen LogP contribution in [0, 0.1) is 6.92 Å². The molecule has 32 heavy (non-hydrogen) atoms. The van der Waals surface area contributed by atoms with E-state index >= 15 is 0 Å². The Morgan fingerprint density at radius 3 is 2.69 bits per heavy atom. The maximum atomic E-state index is 12.7. The van der Waals surface area contributed by atoms with Gasteiger partial charge in [-0.05, 0) is 45.6 Å². The first kappa shape index (κ1) is 22.5. The Morgan fingerprint density at radius 2 is 1.97 bits per heavy atom. The molecule has 9 heteroatoms. The van der Waals surface area contributed by atoms with E-state index in [1.165, 1.54) is 33.5 Å². The normalized spacial score (nSPS) is 12.6. The van der Waals surface area contributed by atoms with Crippen molar-refractivity contribution >= 4 is 40.0 Å². The molecule has 0 bridgehead atoms. The van der Waals surface area contributed by atoms with Crippen LogP contribution in [0.5, 0.6) is 0 Å². The number of ether oxygens (including phenoxy) is 1. The minimum atomic E-state index is -0.358. The summed E-state index contributed by atoms with van der Waals surface area (Å²) in [7, 11) is 0. The second kappa shape index (κ2) is 9.87. The first-order valence-corrected chi connectivity index (χ1v) is 12.6. The van der Waals surface area contributed by atoms with Crippen molar-refractivity contribution in [1.29, 1.82) is 0 Å². The quantitative estimate of drug-likeness (QED) is 0.378. The van der Waals surface area contributed by atoms with Gasteiger partial charge in [0.05, 0.1) is 17.9 Å². The first-order chi connectivity index (χ1) is 15.5. The van der Waals surface area contributed by atoms with Gasteiger partial charge in [0.15, 0.2) is 11.0 Å². The van der Waals surface area contributed by atoms with Crippen LogP contribution in [0.15, 0.2) is 29.4 Å². The molecule has 0 radical (unpaired) electrons. The number of esters is 1. The van der Waals surface area contributed by atoms with Crippen LogP contribution in [0.25, 0.3) is 11.4 Å². The number of rotatable bonds is 8. The van der Waals surface area contributed by atoms with Gasteiger partial charge in [-0.1, -0.05) is 41.6 Å². The molecule has 1 aromatic carbocycles. The zero-order valence-electron chi connectivity index (χ0n) is 18.4. The molecule has 2 heterocycles. The molecule has 1 aliphatic carbocycles. The standard InChI is InChI=1S/C23H26N4O3S2/c1-4-27-20(15-11-9-14(3)10-12-15)25-26-23(27)31-13-18(28)24-21-19(22(29)30-5-2)16-7-6-8-17(16)32-21/h9-12H,4-8,13H2,1-3H3,(H,24,28). The molecule has 0 aliphatic heterocycles. The molecule has 0 spiro atoms. The van der Waals surface area contributed by atoms with Crippen molar-refractivity contribution in [2.24, 2.45) is 0 Å². The number of fused-ring (bicyclic) bond motifs is 1. The molecule has 0 fully saturated rings. The molecule has 0 atom stereocenters. The maximum Gasteiger partial charge on any atom is 0.341 e. The lowest BCUT2D eigenvalue weighted by Crippen LogP contribution is -2.17. The smallest absolute Gasteiger partial charge is 0.341 e. The summed E-state index contributed by atoms with van der Waals surface area (Å²) in [4.78, 5) is 26.4. The van der Waals surface area contributed by atoms with Crippen LogP contribution < -0.4 is 5.32 Å². The fourth-order valence-electron chi connectivity index (χ4n) is 3.80. The summed E-state index contributed by atoms with van der Waals surface area (Å²) in [5, 5.41) is 12.9. The number of aryl methyl sites for hydroxylation is 2. The molecule has 4 rings (SSSR count). The maximum absolute atomic E-state index is 12.7. The third-order valence-electron chi connectivity index (χ3n) is 5.33. The highest BCUT2D eigenvalue weighted by Crippen LogP contribution is 2.39. The van der Waals surface area contributed by atoms with Crippen LogP contribution in [-0.2, 0) is 28.9 Å². The molecule has 168 valence electrons. The van der Waals surface area contributed by atoms with Gasteiger partial charge in [-0.2, -0.15) is 0 Å². The van der Waals surface area contributed by atoms with Crippen LogP contribution >= 0.6 is 23.1 Å². The molecular weight excluding hydrogens is 444 g/mol. The number of hydrogen-bond donors (Lipinski definition) is 1. The van der Waals surface area contributed by atoms with E-state index in [1.54, 1.807) is 6.92 Å². The van der Waals surface area contributed by atoms with E-state index in [0.717, 1.165) is 36.2 Å². The lowest BCUT2D eigenvalue weighted by atomic mass is 10.1. The van der Waals surface area contributed by atoms with Gasteiger partial charge < -0.3 is 14.6 Å². The summed E-state index contributed by atoms with van der Waals surface area (Å²) in [6.45, 7) is 6.87. The number of carbonyl (C=O) groups excluding carboxylic acids is 2. The molecule has 0 saturated heterocycles. The Labute approximate surface area is 195 Å². The summed E-state index contributed by atoms with van der Waals surface area (Å²) >= 11 is 2.83. The van der Waals surface area contributed by atoms with E-state index < -0.39 is 0 Å². The van der Waals surface area contributed by atoms with E-state index in [1.807, 2.05) is 42.7 Å². The van der Waals surface area contributed by atoms with Crippen molar-refractivity contribution in [2.75, 3.05) is 17.7 Å². The predicted molar refractivity (Wildman–Crippen MR) is 128 cm³/mol. The number of carbonyl (C=O) groups is 2. The summed E-state index contributed by atoms with van der Waals surface area (Å²) in [6, 6.07) is 8.15. The second-order valence-corrected chi connectivity index (χ2v) is 9.58. The minimum absolute atomic E-state index is 0.177. The van der Waals surface area contributed by atoms with Gasteiger partial charge in [-0.3, -0.25) is 4.79 Å². The molecule has 0 unspecified atom stereocenters. The van der Waals surface area contributed by atoms with Crippen molar-refractivity contribution in [1.82, 2.24) is 14.8 Å². The van der Waals surface area contributed by atoms with Crippen LogP contribution in [0.2, 0.25) is 0 Å². The zero-order valence-corrected chi connectivity index (χ0v) is 20.1. The number of nitrogens with one attached hydrogen (secondary N) is 1. The molecule has 7 nitrogen and oxygen atoms in total. The third kappa shape index (κ3) is 4.59. The van der Waals surface area contributed by atoms with Gasteiger partial charge in [0.2, 0.25) is 5.91 Å². The largest absolute Gasteiger partial charge is 0.462 e. The van der Waals surface area contributed by atoms with E-state index in [9.17, 15) is 9.59 Å². The molecule has 0 saturated carbocycles. The van der Waals surface area contributed by atoms with Gasteiger partial charge in [0, 0.05) is 17.0 Å². The van der Waals surface area contributed by atoms with Gasteiger partial charge >= 0.3 is 5.97 Å². The number of nitrogens with zero attached hydrogens (tertiary/aromatic N) is 3. The van der Waals surface area contributed by atoms with Crippen molar-refractivity contribution in [3.8, 4) is 11.4 Å². The van der Waals surface area contributed by atoms with E-state index in [-0.39, 0.29) is 17.6 Å². The van der Waals surface area contributed by atoms with Gasteiger partial charge in [-0.15, -0.1) is 21.5 Å². The summed E-state index contributed by atoms with van der Waals surface area (Å²) in [6.07, 6.45) is 2.83. The number of anilines is 1. The lowest BCUT2D eigenvalue weighted by Gasteiger charge is -2.09. The van der Waals surface area contributed by atoms with E-state index in [2.05, 4.69) is 15.5 Å². The Kier molecular flexibility index (Phi) is 6.95. The molecule has 2 aromatic heterocycles. The number of thiophene rings is 1. The zero-order chi connectivity index (χ0) is 22.7. The minimum Gasteiger partial charge on any atom is -0.462 e. The third-order valence-corrected chi connectivity index (χ3v) is 7.50. The molecular formula is C23H26N4O3S2. The molecule has 1 N–H and O–H groups in total. The molecule has 1 amide bonds. The van der Waals surface area contributed by atoms with Crippen LogP contribution in [0.4, 0.5) is 5.00 Å². The number of amides is 1. The van der Waals surface area contributed by atoms with Crippen LogP contribution in [-0.4, -0.2) is 39.0 Å². The van der Waals surface area contributed by atoms with Crippen molar-refractivity contribution in [2.45, 2.75) is 51.7 Å². The van der Waals surface area contributed by atoms with Crippen LogP contribution in [0.3, 0.4) is 0 Å². The Balaban J connectivity index is 1.46. The highest BCUT2D eigenvalue weighted by molar-refractivity contribution is 7.99. The second-order valence-electron chi connectivity index (χ2n) is 7.54. The Morgan fingerprint density at radius 1 is 1.19 bits per heavy atom. The average molecular weight is 471 g/mol. The van der Waals surface area contributed by atoms with Gasteiger partial charge in [-0.25, -0.2) is 4.79 Å². The van der Waals surface area contributed by atoms with Gasteiger partial charge in [0.25, 0.3) is 0 Å². The first-order valence-electron chi connectivity index (χ1n) is 10.8. The van der Waals surface area contributed by atoms with E-state index in [0.29, 0.717) is 28.9 Å². The SMILES string of the molecule is CCOC(=O)c1c(NC(=O)CSc2nnc(-c3ccc(C)cc3)n2CC)sc2c1CCC2. The fraction of sp³-hybridized carbons (Fsp3) is 0.391. The van der Waals surface area contributed by atoms with Gasteiger partial charge in [0.1, 0.15) is 5.00 Å². The molecule has 3 aromatic rings. The monoisotopic (exact) mass is 470 g/mol. The summed E-state index contributed by atoms with van der Waals surface area (Å²) in [5.41, 5.74) is 3.74. The summed E-state index contributed by atoms with van der Waals surface area (Å²) in [5.74, 6) is 0.428. The summed E-state index contributed by atoms with van der Waals surface area (Å²) < 4.78 is 7.24. The number of aromatic nitrogens is 3. The topological polar surface area (TPSA) is 86.1 Å². The number of hydrogen-bond acceptors (Lipinski definition) is 7. The predicted octanol–water partition coefficient (Wildman–Crippen LogP) is 4.73. The number of benzene rings is 1. The van der Waals surface area contributed by atoms with E-state index in [4.69, 9.17) is 4.74 Å². The highest BCUT2D eigenvalue weighted by Gasteiger charge is 2.28. The Bertz CT molecular complexity index is 1140. The lowest BCUT2D eigenvalue weighted by molar-refractivity contribution is -0.113. The van der Waals surface area contributed by atoms with Crippen molar-refractivity contribution in [3.05, 3.63) is 45.8 Å². The van der Waals surface area contributed by atoms with Crippen LogP contribution in [0.1, 0.15) is 46.6 Å². The van der Waals surface area contributed by atoms with Crippen molar-refractivity contribution < 1.29 is 14.3 Å². The fourth-order valence-corrected chi connectivity index (χ4v) is 5.90. The molecule has 1 aliphatic rings. The highest BCUT2D eigenvalue weighted by atomic mass is 32.2. The average Bonchev–Trinajstić information content (AvgIpc) is 3.47. The Hall–Kier alpha value is -2.65.